The highest BCUT2D eigenvalue weighted by molar-refractivity contribution is 5.87. The molecule has 2 fully saturated rings. The number of aryl methyl sites for hydroxylation is 1. The van der Waals surface area contributed by atoms with Gasteiger partial charge in [-0.3, -0.25) is 9.59 Å². The molecule has 10 nitrogen and oxygen atoms in total. The molecule has 4 aromatic rings. The van der Waals surface area contributed by atoms with E-state index < -0.39 is 6.10 Å². The van der Waals surface area contributed by atoms with Crippen molar-refractivity contribution in [2.24, 2.45) is 7.05 Å². The van der Waals surface area contributed by atoms with E-state index in [0.717, 1.165) is 42.3 Å². The number of hydrogen-bond donors (Lipinski definition) is 3. The first kappa shape index (κ1) is 23.2. The number of aromatic nitrogens is 4. The largest absolute Gasteiger partial charge is 0.457 e. The minimum atomic E-state index is -0.483. The molecule has 2 aliphatic carbocycles. The number of anilines is 3. The van der Waals surface area contributed by atoms with Gasteiger partial charge in [0, 0.05) is 38.5 Å². The molecule has 37 heavy (non-hydrogen) atoms. The highest BCUT2D eigenvalue weighted by atomic mass is 16.5. The van der Waals surface area contributed by atoms with Crippen molar-refractivity contribution in [2.45, 2.75) is 50.7 Å². The van der Waals surface area contributed by atoms with E-state index in [4.69, 9.17) is 9.72 Å². The fraction of sp³-hybridized carbons (Fsp3) is 0.333. The zero-order chi connectivity index (χ0) is 25.7. The van der Waals surface area contributed by atoms with Crippen molar-refractivity contribution >= 4 is 34.4 Å². The number of aliphatic hydroxyl groups is 1. The molecule has 6 rings (SSSR count). The SMILES string of the molecule is CC(=O)Nc1cc(Oc2ccc3nc(Nc4cc(C5CC5)cn([C@H]5CC[C@H]5O)c4=O)n(C)c3c2)ccn1. The van der Waals surface area contributed by atoms with Gasteiger partial charge in [0.15, 0.2) is 0 Å². The van der Waals surface area contributed by atoms with E-state index in [1.54, 1.807) is 22.9 Å². The number of aliphatic hydroxyl groups excluding tert-OH is 1. The van der Waals surface area contributed by atoms with E-state index in [2.05, 4.69) is 15.6 Å². The van der Waals surface area contributed by atoms with Crippen molar-refractivity contribution in [3.63, 3.8) is 0 Å². The van der Waals surface area contributed by atoms with Crippen molar-refractivity contribution in [1.82, 2.24) is 19.1 Å². The lowest BCUT2D eigenvalue weighted by Gasteiger charge is -2.34. The second-order valence-corrected chi connectivity index (χ2v) is 9.82. The maximum Gasteiger partial charge on any atom is 0.274 e. The summed E-state index contributed by atoms with van der Waals surface area (Å²) in [4.78, 5) is 33.5. The number of hydrogen-bond acceptors (Lipinski definition) is 7. The Bertz CT molecular complexity index is 1570. The number of imidazole rings is 1. The lowest BCUT2D eigenvalue weighted by atomic mass is 9.88. The van der Waals surface area contributed by atoms with Crippen molar-refractivity contribution in [2.75, 3.05) is 10.6 Å². The van der Waals surface area contributed by atoms with Gasteiger partial charge in [-0.15, -0.1) is 0 Å². The number of rotatable bonds is 7. The number of carbonyl (C=O) groups is 1. The number of fused-ring (bicyclic) bond motifs is 1. The Kier molecular flexibility index (Phi) is 5.68. The van der Waals surface area contributed by atoms with Gasteiger partial charge in [0.2, 0.25) is 11.9 Å². The standard InChI is InChI=1S/C27H28N6O4/c1-15(34)29-25-13-19(9-10-28-25)37-18-5-6-20-23(12-18)32(2)27(30-20)31-21-11-17(16-3-4-16)14-33(26(21)36)22-7-8-24(22)35/h5-6,9-14,16,22,24,35H,3-4,7-8H2,1-2H3,(H,30,31)(H,28,29,34)/t22-,24+/m0/s1. The van der Waals surface area contributed by atoms with Crippen LogP contribution >= 0.6 is 0 Å². The smallest absolute Gasteiger partial charge is 0.274 e. The van der Waals surface area contributed by atoms with E-state index in [1.807, 2.05) is 42.1 Å². The molecule has 3 heterocycles. The monoisotopic (exact) mass is 500 g/mol. The molecule has 0 radical (unpaired) electrons. The van der Waals surface area contributed by atoms with Crippen LogP contribution in [0, 0.1) is 0 Å². The summed E-state index contributed by atoms with van der Waals surface area (Å²) in [7, 11) is 1.88. The Morgan fingerprint density at radius 1 is 1.11 bits per heavy atom. The Morgan fingerprint density at radius 3 is 2.62 bits per heavy atom. The summed E-state index contributed by atoms with van der Waals surface area (Å²) in [6, 6.07) is 10.7. The van der Waals surface area contributed by atoms with Gasteiger partial charge in [-0.25, -0.2) is 9.97 Å². The molecular formula is C27H28N6O4. The normalized spacial score (nSPS) is 18.9. The predicted molar refractivity (Wildman–Crippen MR) is 140 cm³/mol. The first-order chi connectivity index (χ1) is 17.9. The molecular weight excluding hydrogens is 472 g/mol. The minimum Gasteiger partial charge on any atom is -0.457 e. The Hall–Kier alpha value is -4.18. The van der Waals surface area contributed by atoms with Gasteiger partial charge >= 0.3 is 0 Å². The molecule has 1 aromatic carbocycles. The molecule has 2 atom stereocenters. The summed E-state index contributed by atoms with van der Waals surface area (Å²) in [5, 5.41) is 16.1. The van der Waals surface area contributed by atoms with Crippen LogP contribution in [0.1, 0.15) is 50.1 Å². The molecule has 0 aliphatic heterocycles. The molecule has 0 bridgehead atoms. The molecule has 2 saturated carbocycles. The number of carbonyl (C=O) groups excluding carboxylic acids is 1. The molecule has 0 spiro atoms. The average molecular weight is 501 g/mol. The van der Waals surface area contributed by atoms with E-state index in [1.165, 1.54) is 6.92 Å². The number of benzene rings is 1. The third-order valence-corrected chi connectivity index (χ3v) is 7.04. The third-order valence-electron chi connectivity index (χ3n) is 7.04. The fourth-order valence-corrected chi connectivity index (χ4v) is 4.71. The van der Waals surface area contributed by atoms with E-state index in [0.29, 0.717) is 34.9 Å². The van der Waals surface area contributed by atoms with E-state index in [-0.39, 0.29) is 17.5 Å². The lowest BCUT2D eigenvalue weighted by molar-refractivity contribution is -0.114. The Balaban J connectivity index is 1.29. The molecule has 0 unspecified atom stereocenters. The van der Waals surface area contributed by atoms with E-state index >= 15 is 0 Å². The summed E-state index contributed by atoms with van der Waals surface area (Å²) < 4.78 is 9.58. The fourth-order valence-electron chi connectivity index (χ4n) is 4.71. The number of pyridine rings is 2. The van der Waals surface area contributed by atoms with Crippen LogP contribution in [0.4, 0.5) is 17.5 Å². The van der Waals surface area contributed by atoms with Crippen LogP contribution in [0.15, 0.2) is 53.6 Å². The van der Waals surface area contributed by atoms with E-state index in [9.17, 15) is 14.7 Å². The van der Waals surface area contributed by atoms with Crippen LogP contribution in [0.3, 0.4) is 0 Å². The maximum absolute atomic E-state index is 13.3. The van der Waals surface area contributed by atoms with Crippen LogP contribution in [-0.4, -0.2) is 36.2 Å². The minimum absolute atomic E-state index is 0.156. The average Bonchev–Trinajstić information content (AvgIpc) is 3.66. The summed E-state index contributed by atoms with van der Waals surface area (Å²) in [5.74, 6) is 2.33. The van der Waals surface area contributed by atoms with Crippen molar-refractivity contribution in [3.8, 4) is 11.5 Å². The van der Waals surface area contributed by atoms with Gasteiger partial charge in [-0.1, -0.05) is 0 Å². The molecule has 0 saturated heterocycles. The Morgan fingerprint density at radius 2 is 1.92 bits per heavy atom. The first-order valence-corrected chi connectivity index (χ1v) is 12.4. The molecule has 10 heteroatoms. The Labute approximate surface area is 212 Å². The molecule has 2 aliphatic rings. The molecule has 1 amide bonds. The van der Waals surface area contributed by atoms with Crippen LogP contribution in [0.25, 0.3) is 11.0 Å². The van der Waals surface area contributed by atoms with Crippen LogP contribution in [0.2, 0.25) is 0 Å². The van der Waals surface area contributed by atoms with Gasteiger partial charge in [0.25, 0.3) is 5.56 Å². The second kappa shape index (κ2) is 9.04. The number of nitrogens with one attached hydrogen (secondary N) is 2. The van der Waals surface area contributed by atoms with Crippen LogP contribution in [-0.2, 0) is 11.8 Å². The topological polar surface area (TPSA) is 123 Å². The summed E-state index contributed by atoms with van der Waals surface area (Å²) in [5.41, 5.74) is 2.99. The summed E-state index contributed by atoms with van der Waals surface area (Å²) in [6.45, 7) is 1.42. The lowest BCUT2D eigenvalue weighted by Crippen LogP contribution is -2.39. The predicted octanol–water partition coefficient (Wildman–Crippen LogP) is 4.20. The maximum atomic E-state index is 13.3. The zero-order valence-corrected chi connectivity index (χ0v) is 20.6. The van der Waals surface area contributed by atoms with Gasteiger partial charge in [0.1, 0.15) is 23.0 Å². The van der Waals surface area contributed by atoms with Crippen molar-refractivity contribution in [1.29, 1.82) is 0 Å². The number of ether oxygens (including phenoxy) is 1. The molecule has 3 N–H and O–H groups in total. The highest BCUT2D eigenvalue weighted by Gasteiger charge is 2.33. The summed E-state index contributed by atoms with van der Waals surface area (Å²) in [6.07, 6.45) is 6.75. The first-order valence-electron chi connectivity index (χ1n) is 12.4. The second-order valence-electron chi connectivity index (χ2n) is 9.82. The van der Waals surface area contributed by atoms with Crippen molar-refractivity contribution in [3.05, 3.63) is 64.7 Å². The van der Waals surface area contributed by atoms with Crippen LogP contribution < -0.4 is 20.9 Å². The van der Waals surface area contributed by atoms with Crippen molar-refractivity contribution < 1.29 is 14.6 Å². The van der Waals surface area contributed by atoms with Gasteiger partial charge in [-0.2, -0.15) is 0 Å². The summed E-state index contributed by atoms with van der Waals surface area (Å²) >= 11 is 0. The quantitative estimate of drug-likeness (QED) is 0.348. The van der Waals surface area contributed by atoms with Gasteiger partial charge in [0.05, 0.1) is 23.2 Å². The van der Waals surface area contributed by atoms with Gasteiger partial charge < -0.3 is 29.6 Å². The number of nitrogens with zero attached hydrogens (tertiary/aromatic N) is 4. The third kappa shape index (κ3) is 4.55. The zero-order valence-electron chi connectivity index (χ0n) is 20.6. The molecule has 190 valence electrons. The van der Waals surface area contributed by atoms with Crippen LogP contribution in [0.5, 0.6) is 11.5 Å². The highest BCUT2D eigenvalue weighted by Crippen LogP contribution is 2.41. The molecule has 3 aromatic heterocycles. The van der Waals surface area contributed by atoms with Gasteiger partial charge in [-0.05, 0) is 61.4 Å². The number of amides is 1.